The van der Waals surface area contributed by atoms with E-state index in [4.69, 9.17) is 5.73 Å². The lowest BCUT2D eigenvalue weighted by Crippen LogP contribution is -2.58. The van der Waals surface area contributed by atoms with Crippen molar-refractivity contribution in [3.8, 4) is 0 Å². The van der Waals surface area contributed by atoms with Crippen molar-refractivity contribution in [1.29, 1.82) is 0 Å². The predicted molar refractivity (Wildman–Crippen MR) is 46.6 cm³/mol. The molecular formula is C9H17NO2. The first kappa shape index (κ1) is 9.68. The number of Topliss-reactive ketones (excluding diaryl/α,β-unsaturated/α-hetero) is 1. The summed E-state index contributed by atoms with van der Waals surface area (Å²) in [5.74, 6) is -0.126. The molecule has 1 saturated carbocycles. The normalized spacial score (nSPS) is 41.4. The minimum atomic E-state index is -0.809. The maximum Gasteiger partial charge on any atom is 0.163 e. The van der Waals surface area contributed by atoms with Crippen LogP contribution < -0.4 is 5.73 Å². The summed E-state index contributed by atoms with van der Waals surface area (Å²) in [7, 11) is 0. The molecule has 0 bridgehead atoms. The van der Waals surface area contributed by atoms with Gasteiger partial charge in [0.05, 0.1) is 0 Å². The van der Waals surface area contributed by atoms with Gasteiger partial charge in [-0.2, -0.15) is 0 Å². The van der Waals surface area contributed by atoms with Crippen LogP contribution in [0.15, 0.2) is 0 Å². The van der Waals surface area contributed by atoms with Gasteiger partial charge in [0.15, 0.2) is 5.78 Å². The molecule has 3 N–H and O–H groups in total. The van der Waals surface area contributed by atoms with E-state index in [-0.39, 0.29) is 17.6 Å². The number of carbonyl (C=O) groups excluding carboxylic acids is 1. The zero-order chi connectivity index (χ0) is 9.57. The number of aliphatic hydroxyl groups is 1. The van der Waals surface area contributed by atoms with Gasteiger partial charge in [0, 0.05) is 12.0 Å². The van der Waals surface area contributed by atoms with Crippen molar-refractivity contribution in [2.75, 3.05) is 0 Å². The molecule has 0 aliphatic heterocycles. The summed E-state index contributed by atoms with van der Waals surface area (Å²) in [5.41, 5.74) is 5.33. The number of carbonyl (C=O) groups is 1. The molecule has 0 aromatic heterocycles. The lowest BCUT2D eigenvalue weighted by molar-refractivity contribution is -0.136. The van der Waals surface area contributed by atoms with Crippen LogP contribution in [0, 0.1) is 5.41 Å². The highest BCUT2D eigenvalue weighted by Gasteiger charge is 2.46. The van der Waals surface area contributed by atoms with Gasteiger partial charge in [-0.3, -0.25) is 4.79 Å². The van der Waals surface area contributed by atoms with Gasteiger partial charge >= 0.3 is 0 Å². The van der Waals surface area contributed by atoms with Crippen molar-refractivity contribution in [1.82, 2.24) is 0 Å². The Morgan fingerprint density at radius 2 is 2.00 bits per heavy atom. The first-order valence-corrected chi connectivity index (χ1v) is 4.26. The van der Waals surface area contributed by atoms with Gasteiger partial charge in [-0.05, 0) is 18.8 Å². The van der Waals surface area contributed by atoms with Gasteiger partial charge in [0.2, 0.25) is 0 Å². The fourth-order valence-corrected chi connectivity index (χ4v) is 1.55. The average molecular weight is 171 g/mol. The van der Waals surface area contributed by atoms with Crippen LogP contribution >= 0.6 is 0 Å². The maximum absolute atomic E-state index is 11.2. The van der Waals surface area contributed by atoms with Gasteiger partial charge in [-0.1, -0.05) is 13.8 Å². The molecule has 0 unspecified atom stereocenters. The smallest absolute Gasteiger partial charge is 0.163 e. The highest BCUT2D eigenvalue weighted by Crippen LogP contribution is 2.40. The van der Waals surface area contributed by atoms with Gasteiger partial charge in [-0.25, -0.2) is 0 Å². The molecule has 3 heteroatoms. The molecule has 70 valence electrons. The fraction of sp³-hybridized carbons (Fsp3) is 0.889. The van der Waals surface area contributed by atoms with Crippen LogP contribution in [0.2, 0.25) is 0 Å². The van der Waals surface area contributed by atoms with E-state index in [1.54, 1.807) is 0 Å². The van der Waals surface area contributed by atoms with Crippen molar-refractivity contribution in [3.05, 3.63) is 0 Å². The molecule has 1 fully saturated rings. The number of rotatable bonds is 0. The summed E-state index contributed by atoms with van der Waals surface area (Å²) in [6.45, 7) is 5.85. The quantitative estimate of drug-likeness (QED) is 0.556. The van der Waals surface area contributed by atoms with Crippen molar-refractivity contribution in [2.45, 2.75) is 45.3 Å². The Hall–Kier alpha value is -0.410. The molecule has 0 aromatic carbocycles. The summed E-state index contributed by atoms with van der Waals surface area (Å²) in [4.78, 5) is 11.2. The zero-order valence-corrected chi connectivity index (χ0v) is 7.92. The van der Waals surface area contributed by atoms with Gasteiger partial charge in [0.1, 0.15) is 6.10 Å². The Morgan fingerprint density at radius 1 is 1.50 bits per heavy atom. The second-order valence-electron chi connectivity index (χ2n) is 4.66. The van der Waals surface area contributed by atoms with Gasteiger partial charge < -0.3 is 10.8 Å². The van der Waals surface area contributed by atoms with Crippen molar-refractivity contribution in [3.63, 3.8) is 0 Å². The summed E-state index contributed by atoms with van der Waals surface area (Å²) < 4.78 is 0. The van der Waals surface area contributed by atoms with Crippen molar-refractivity contribution >= 4 is 5.78 Å². The second kappa shape index (κ2) is 2.54. The fourth-order valence-electron chi connectivity index (χ4n) is 1.55. The Morgan fingerprint density at radius 3 is 2.42 bits per heavy atom. The maximum atomic E-state index is 11.2. The largest absolute Gasteiger partial charge is 0.385 e. The third-order valence-electron chi connectivity index (χ3n) is 3.16. The molecule has 0 amide bonds. The summed E-state index contributed by atoms with van der Waals surface area (Å²) in [6.07, 6.45) is -0.0587. The van der Waals surface area contributed by atoms with Crippen molar-refractivity contribution < 1.29 is 9.90 Å². The number of hydrogen-bond donors (Lipinski definition) is 2. The third kappa shape index (κ3) is 1.39. The first-order valence-electron chi connectivity index (χ1n) is 4.26. The molecule has 0 spiro atoms. The molecule has 1 rings (SSSR count). The highest BCUT2D eigenvalue weighted by atomic mass is 16.3. The molecule has 0 saturated heterocycles. The van der Waals surface area contributed by atoms with Crippen LogP contribution in [0.1, 0.15) is 33.6 Å². The average Bonchev–Trinajstić information content (AvgIpc) is 1.82. The monoisotopic (exact) mass is 171 g/mol. The van der Waals surface area contributed by atoms with Crippen LogP contribution in [-0.2, 0) is 4.79 Å². The number of ketones is 1. The Kier molecular flexibility index (Phi) is 2.05. The minimum absolute atomic E-state index is 0.126. The van der Waals surface area contributed by atoms with Crippen LogP contribution in [-0.4, -0.2) is 22.5 Å². The zero-order valence-electron chi connectivity index (χ0n) is 7.92. The van der Waals surface area contributed by atoms with E-state index in [9.17, 15) is 9.90 Å². The van der Waals surface area contributed by atoms with Crippen molar-refractivity contribution in [2.24, 2.45) is 11.1 Å². The third-order valence-corrected chi connectivity index (χ3v) is 3.16. The van der Waals surface area contributed by atoms with E-state index in [1.807, 2.05) is 20.8 Å². The molecule has 0 heterocycles. The molecule has 1 aliphatic rings. The minimum Gasteiger partial charge on any atom is -0.385 e. The van der Waals surface area contributed by atoms with E-state index in [0.29, 0.717) is 6.42 Å². The Bertz CT molecular complexity index is 209. The topological polar surface area (TPSA) is 63.3 Å². The molecule has 12 heavy (non-hydrogen) atoms. The van der Waals surface area contributed by atoms with Crippen LogP contribution in [0.5, 0.6) is 0 Å². The molecule has 1 aliphatic carbocycles. The van der Waals surface area contributed by atoms with Crippen LogP contribution in [0.25, 0.3) is 0 Å². The van der Waals surface area contributed by atoms with Crippen LogP contribution in [0.3, 0.4) is 0 Å². The predicted octanol–water partition coefficient (Wildman–Crippen LogP) is 0.454. The summed E-state index contributed by atoms with van der Waals surface area (Å²) >= 11 is 0. The molecular weight excluding hydrogens is 154 g/mol. The van der Waals surface area contributed by atoms with E-state index >= 15 is 0 Å². The lowest BCUT2D eigenvalue weighted by Gasteiger charge is -2.46. The Labute approximate surface area is 72.9 Å². The first-order chi connectivity index (χ1) is 5.26. The standard InChI is InChI=1S/C9H17NO2/c1-8(2)4-6(11)7(12)5-9(8,3)10/h6,11H,4-5,10H2,1-3H3/t6-,9-/m1/s1. The molecule has 0 radical (unpaired) electrons. The number of nitrogens with two attached hydrogens (primary N) is 1. The molecule has 3 nitrogen and oxygen atoms in total. The molecule has 2 atom stereocenters. The van der Waals surface area contributed by atoms with Gasteiger partial charge in [-0.15, -0.1) is 0 Å². The van der Waals surface area contributed by atoms with E-state index in [0.717, 1.165) is 0 Å². The summed E-state index contributed by atoms with van der Waals surface area (Å²) in [6, 6.07) is 0. The highest BCUT2D eigenvalue weighted by molar-refractivity contribution is 5.85. The number of aliphatic hydroxyl groups excluding tert-OH is 1. The van der Waals surface area contributed by atoms with Gasteiger partial charge in [0.25, 0.3) is 0 Å². The Balaban J connectivity index is 2.88. The lowest BCUT2D eigenvalue weighted by atomic mass is 9.63. The second-order valence-corrected chi connectivity index (χ2v) is 4.66. The SMILES string of the molecule is CC1(C)C[C@@H](O)C(=O)C[C@@]1(C)N. The van der Waals surface area contributed by atoms with Crippen LogP contribution in [0.4, 0.5) is 0 Å². The molecule has 0 aromatic rings. The van der Waals surface area contributed by atoms with E-state index in [1.165, 1.54) is 0 Å². The van der Waals surface area contributed by atoms with E-state index < -0.39 is 11.6 Å². The summed E-state index contributed by atoms with van der Waals surface area (Å²) in [5, 5.41) is 9.34. The number of hydrogen-bond acceptors (Lipinski definition) is 3. The van der Waals surface area contributed by atoms with E-state index in [2.05, 4.69) is 0 Å².